The van der Waals surface area contributed by atoms with E-state index in [0.29, 0.717) is 22.0 Å². The largest absolute Gasteiger partial charge is 0.475 e. The summed E-state index contributed by atoms with van der Waals surface area (Å²) in [6, 6.07) is 0. The first-order valence-corrected chi connectivity index (χ1v) is 16.8. The summed E-state index contributed by atoms with van der Waals surface area (Å²) in [6.45, 7) is 9.29. The van der Waals surface area contributed by atoms with E-state index in [1.807, 2.05) is 26.4 Å². The Bertz CT molecular complexity index is 1120. The molecule has 8 fully saturated rings. The highest BCUT2D eigenvalue weighted by molar-refractivity contribution is 8.22. The van der Waals surface area contributed by atoms with Crippen molar-refractivity contribution >= 4 is 62.5 Å². The predicted octanol–water partition coefficient (Wildman–Crippen LogP) is 4.73. The lowest BCUT2D eigenvalue weighted by Crippen LogP contribution is -2.89. The van der Waals surface area contributed by atoms with Crippen molar-refractivity contribution in [2.75, 3.05) is 25.7 Å². The van der Waals surface area contributed by atoms with Gasteiger partial charge in [0.1, 0.15) is 11.5 Å². The van der Waals surface area contributed by atoms with Crippen LogP contribution in [0.4, 0.5) is 0 Å². The first-order chi connectivity index (χ1) is 17.9. The molecule has 4 heterocycles. The molecule has 4 spiro atoms. The Balaban J connectivity index is 1.52. The predicted molar refractivity (Wildman–Crippen MR) is 152 cm³/mol. The summed E-state index contributed by atoms with van der Waals surface area (Å²) < 4.78 is 41.1. The van der Waals surface area contributed by atoms with Crippen LogP contribution in [0.3, 0.4) is 0 Å². The van der Waals surface area contributed by atoms with Gasteiger partial charge in [-0.25, -0.2) is 0 Å². The van der Waals surface area contributed by atoms with Crippen LogP contribution in [-0.4, -0.2) is 75.8 Å². The first kappa shape index (κ1) is 26.9. The number of carbonyl (C=O) groups is 1. The van der Waals surface area contributed by atoms with Crippen LogP contribution < -0.4 is 0 Å². The molecule has 4 bridgehead atoms. The number of epoxide rings is 1. The zero-order valence-electron chi connectivity index (χ0n) is 22.7. The third kappa shape index (κ3) is 2.91. The summed E-state index contributed by atoms with van der Waals surface area (Å²) in [4.78, 5) is 14.9. The van der Waals surface area contributed by atoms with Gasteiger partial charge in [-0.1, -0.05) is 37.4 Å². The lowest BCUT2D eigenvalue weighted by molar-refractivity contribution is -0.532. The van der Waals surface area contributed by atoms with Gasteiger partial charge in [-0.15, -0.1) is 0 Å². The van der Waals surface area contributed by atoms with E-state index in [9.17, 15) is 4.79 Å². The van der Waals surface area contributed by atoms with Gasteiger partial charge in [0.05, 0.1) is 19.3 Å². The van der Waals surface area contributed by atoms with Gasteiger partial charge in [0.2, 0.25) is 14.6 Å². The molecule has 4 saturated heterocycles. The molecule has 4 saturated carbocycles. The maximum atomic E-state index is 14.9. The van der Waals surface area contributed by atoms with Gasteiger partial charge < -0.3 is 28.4 Å². The number of hydrogen-bond donors (Lipinski definition) is 0. The van der Waals surface area contributed by atoms with Gasteiger partial charge in [-0.3, -0.25) is 4.79 Å². The summed E-state index contributed by atoms with van der Waals surface area (Å²) in [6.07, 6.45) is 6.09. The Kier molecular flexibility index (Phi) is 5.71. The molecule has 210 valence electrons. The maximum Gasteiger partial charge on any atom is 0.224 e. The third-order valence-corrected chi connectivity index (χ3v) is 13.1. The molecule has 7 nitrogen and oxygen atoms in total. The van der Waals surface area contributed by atoms with Gasteiger partial charge in [0.25, 0.3) is 0 Å². The van der Waals surface area contributed by atoms with Crippen molar-refractivity contribution < 1.29 is 33.2 Å². The summed E-state index contributed by atoms with van der Waals surface area (Å²) in [5, 5.41) is 0. The van der Waals surface area contributed by atoms with Crippen LogP contribution in [0.25, 0.3) is 0 Å². The molecular formula is C27H36O7S4. The molecule has 0 radical (unpaired) electrons. The first-order valence-electron chi connectivity index (χ1n) is 13.6. The molecule has 4 aliphatic heterocycles. The van der Waals surface area contributed by atoms with Crippen molar-refractivity contribution in [3.63, 3.8) is 0 Å². The lowest BCUT2D eigenvalue weighted by atomic mass is 9.35. The molecule has 8 aliphatic rings. The third-order valence-electron chi connectivity index (χ3n) is 11.1. The van der Waals surface area contributed by atoms with Crippen molar-refractivity contribution in [3.05, 3.63) is 0 Å². The van der Waals surface area contributed by atoms with Crippen molar-refractivity contribution in [2.24, 2.45) is 34.0 Å². The Labute approximate surface area is 243 Å². The zero-order valence-corrected chi connectivity index (χ0v) is 26.0. The second-order valence-corrected chi connectivity index (χ2v) is 16.1. The summed E-state index contributed by atoms with van der Waals surface area (Å²) >= 11 is 14.1. The molecule has 0 unspecified atom stereocenters. The van der Waals surface area contributed by atoms with Gasteiger partial charge >= 0.3 is 0 Å². The minimum atomic E-state index is -1.35. The molecule has 8 rings (SSSR count). The van der Waals surface area contributed by atoms with Crippen molar-refractivity contribution in [3.8, 4) is 0 Å². The van der Waals surface area contributed by atoms with Crippen LogP contribution in [0.15, 0.2) is 0 Å². The standard InChI is InChI=1S/C27H36O7S4/c1-22(2)10-9-15(31-20(35)37-5)24-11-30-27(18(16(22)24)32-21(36)38-6)26-14(24)8-7-13(25(12-29-25)19(26)28)17(26)33-23(3,4)34-27/h13-18H,7-12H2,1-6H3/t13-,14+,15+,16-,17-,18+,24-,25-,26-,27-/m1/s1. The fraction of sp³-hybridized carbons (Fsp3) is 0.889. The summed E-state index contributed by atoms with van der Waals surface area (Å²) in [5.74, 6) is -2.43. The fourth-order valence-electron chi connectivity index (χ4n) is 10.1. The highest BCUT2D eigenvalue weighted by Gasteiger charge is 2.95. The average Bonchev–Trinajstić information content (AvgIpc) is 3.65. The van der Waals surface area contributed by atoms with E-state index in [4.69, 9.17) is 52.9 Å². The molecule has 0 N–H and O–H groups in total. The van der Waals surface area contributed by atoms with E-state index in [1.165, 1.54) is 23.5 Å². The highest BCUT2D eigenvalue weighted by atomic mass is 32.2. The van der Waals surface area contributed by atoms with Gasteiger partial charge in [0, 0.05) is 17.3 Å². The molecule has 11 heteroatoms. The number of thioether (sulfide) groups is 2. The van der Waals surface area contributed by atoms with Gasteiger partial charge in [-0.2, -0.15) is 0 Å². The topological polar surface area (TPSA) is 75.8 Å². The number of Topliss-reactive ketones (excluding diaryl/α,β-unsaturated/α-hetero) is 1. The van der Waals surface area contributed by atoms with Crippen molar-refractivity contribution in [2.45, 2.75) is 88.9 Å². The fourth-order valence-corrected chi connectivity index (χ4v) is 10.7. The quantitative estimate of drug-likeness (QED) is 0.326. The highest BCUT2D eigenvalue weighted by Crippen LogP contribution is 2.81. The number of ketones is 1. The summed E-state index contributed by atoms with van der Waals surface area (Å²) in [5.41, 5.74) is -2.59. The van der Waals surface area contributed by atoms with Gasteiger partial charge in [0.15, 0.2) is 23.3 Å². The number of hydrogen-bond acceptors (Lipinski definition) is 11. The molecule has 0 aromatic heterocycles. The Morgan fingerprint density at radius 1 is 0.974 bits per heavy atom. The second-order valence-electron chi connectivity index (χ2n) is 13.3. The molecule has 4 aliphatic carbocycles. The minimum Gasteiger partial charge on any atom is -0.475 e. The van der Waals surface area contributed by atoms with Crippen molar-refractivity contribution in [1.82, 2.24) is 0 Å². The SMILES string of the molecule is CSC(=S)O[C@H]1CCC(C)(C)[C@H]2[C@H](OC(=S)SC)[C@@]34OC[C@@]12[C@@H]1CC[C@@H]2[C@@H](OC(C)(C)O3)[C@@]14C(=O)[C@@]21CO1. The van der Waals surface area contributed by atoms with Crippen LogP contribution in [0, 0.1) is 34.0 Å². The average molecular weight is 601 g/mol. The number of carbonyl (C=O) groups excluding carboxylic acids is 1. The van der Waals surface area contributed by atoms with E-state index in [-0.39, 0.29) is 35.1 Å². The number of fused-ring (bicyclic) bond motifs is 2. The Hall–Kier alpha value is -0.0100. The Morgan fingerprint density at radius 3 is 2.32 bits per heavy atom. The maximum absolute atomic E-state index is 14.9. The molecule has 0 amide bonds. The van der Waals surface area contributed by atoms with E-state index < -0.39 is 40.2 Å². The molecule has 0 aromatic carbocycles. The van der Waals surface area contributed by atoms with Crippen LogP contribution in [0.2, 0.25) is 0 Å². The van der Waals surface area contributed by atoms with E-state index in [2.05, 4.69) is 13.8 Å². The van der Waals surface area contributed by atoms with E-state index >= 15 is 0 Å². The molecule has 0 aromatic rings. The van der Waals surface area contributed by atoms with Crippen LogP contribution in [0.1, 0.15) is 53.4 Å². The molecular weight excluding hydrogens is 565 g/mol. The monoisotopic (exact) mass is 600 g/mol. The van der Waals surface area contributed by atoms with Gasteiger partial charge in [-0.05, 0) is 87.8 Å². The normalized spacial score (nSPS) is 52.2. The second kappa shape index (κ2) is 8.08. The Morgan fingerprint density at radius 2 is 1.66 bits per heavy atom. The van der Waals surface area contributed by atoms with Crippen LogP contribution >= 0.6 is 48.0 Å². The van der Waals surface area contributed by atoms with E-state index in [0.717, 1.165) is 25.7 Å². The number of ether oxygens (including phenoxy) is 6. The smallest absolute Gasteiger partial charge is 0.224 e. The minimum absolute atomic E-state index is 0.0385. The zero-order chi connectivity index (χ0) is 27.1. The number of rotatable bonds is 2. The molecule has 38 heavy (non-hydrogen) atoms. The van der Waals surface area contributed by atoms with Crippen molar-refractivity contribution in [1.29, 1.82) is 0 Å². The number of thiocarbonyl (C=S) groups is 2. The van der Waals surface area contributed by atoms with Crippen LogP contribution in [-0.2, 0) is 33.2 Å². The molecule has 10 atom stereocenters. The lowest BCUT2D eigenvalue weighted by Gasteiger charge is -2.78. The van der Waals surface area contributed by atoms with Crippen LogP contribution in [0.5, 0.6) is 0 Å². The summed E-state index contributed by atoms with van der Waals surface area (Å²) in [7, 11) is 0. The van der Waals surface area contributed by atoms with E-state index in [1.54, 1.807) is 0 Å².